The van der Waals surface area contributed by atoms with E-state index >= 15 is 0 Å². The van der Waals surface area contributed by atoms with Crippen molar-refractivity contribution in [3.8, 4) is 0 Å². The summed E-state index contributed by atoms with van der Waals surface area (Å²) in [5, 5.41) is 4.68. The van der Waals surface area contributed by atoms with Crippen LogP contribution in [0.2, 0.25) is 5.02 Å². The molecule has 3 rings (SSSR count). The molecule has 2 heterocycles. The predicted molar refractivity (Wildman–Crippen MR) is 88.2 cm³/mol. The first-order valence-corrected chi connectivity index (χ1v) is 8.27. The topological polar surface area (TPSA) is 26.2 Å². The third kappa shape index (κ3) is 3.00. The van der Waals surface area contributed by atoms with Gasteiger partial charge in [0.1, 0.15) is 5.82 Å². The fourth-order valence-corrected chi connectivity index (χ4v) is 3.64. The molecule has 1 aliphatic rings. The Hall–Kier alpha value is -1.10. The molecule has 1 saturated heterocycles. The van der Waals surface area contributed by atoms with Gasteiger partial charge in [-0.2, -0.15) is 0 Å². The van der Waals surface area contributed by atoms with Gasteiger partial charge in [-0.3, -0.25) is 0 Å². The van der Waals surface area contributed by atoms with Crippen LogP contribution in [0.25, 0.3) is 10.9 Å². The number of fused-ring (bicyclic) bond motifs is 1. The number of aryl methyl sites for hydroxylation is 1. The molecule has 0 amide bonds. The summed E-state index contributed by atoms with van der Waals surface area (Å²) in [7, 11) is 1.70. The van der Waals surface area contributed by atoms with Gasteiger partial charge in [0.2, 0.25) is 0 Å². The summed E-state index contributed by atoms with van der Waals surface area (Å²) in [5.74, 6) is 0.217. The summed E-state index contributed by atoms with van der Waals surface area (Å²) in [6.07, 6.45) is 3.17. The number of aromatic nitrogens is 1. The van der Waals surface area contributed by atoms with Crippen LogP contribution in [0.5, 0.6) is 0 Å². The number of ether oxygens (including phenoxy) is 1. The number of halogens is 2. The first-order chi connectivity index (χ1) is 10.7. The summed E-state index contributed by atoms with van der Waals surface area (Å²) in [5.41, 5.74) is 2.00. The summed E-state index contributed by atoms with van der Waals surface area (Å²) in [6.45, 7) is 3.50. The lowest BCUT2D eigenvalue weighted by molar-refractivity contribution is 0.190. The Morgan fingerprint density at radius 1 is 1.45 bits per heavy atom. The highest BCUT2D eigenvalue weighted by Crippen LogP contribution is 2.34. The van der Waals surface area contributed by atoms with E-state index in [1.165, 1.54) is 11.8 Å². The first kappa shape index (κ1) is 15.8. The Balaban J connectivity index is 2.06. The van der Waals surface area contributed by atoms with Crippen molar-refractivity contribution in [1.29, 1.82) is 0 Å². The van der Waals surface area contributed by atoms with Crippen molar-refractivity contribution in [3.05, 3.63) is 34.7 Å². The molecule has 1 unspecified atom stereocenters. The van der Waals surface area contributed by atoms with Crippen LogP contribution in [-0.2, 0) is 11.3 Å². The van der Waals surface area contributed by atoms with E-state index in [0.29, 0.717) is 22.9 Å². The van der Waals surface area contributed by atoms with Crippen LogP contribution in [0, 0.1) is 5.82 Å². The van der Waals surface area contributed by atoms with Gasteiger partial charge in [-0.25, -0.2) is 4.39 Å². The van der Waals surface area contributed by atoms with Crippen LogP contribution < -0.4 is 5.32 Å². The van der Waals surface area contributed by atoms with Crippen molar-refractivity contribution in [2.24, 2.45) is 0 Å². The zero-order chi connectivity index (χ0) is 15.5. The number of hydrogen-bond acceptors (Lipinski definition) is 2. The van der Waals surface area contributed by atoms with Crippen molar-refractivity contribution in [3.63, 3.8) is 0 Å². The lowest BCUT2D eigenvalue weighted by atomic mass is 9.96. The molecule has 3 nitrogen and oxygen atoms in total. The molecule has 0 bridgehead atoms. The molecule has 0 radical (unpaired) electrons. The second kappa shape index (κ2) is 6.99. The smallest absolute Gasteiger partial charge is 0.132 e. The lowest BCUT2D eigenvalue weighted by Gasteiger charge is -2.24. The molecule has 2 aromatic rings. The van der Waals surface area contributed by atoms with Crippen molar-refractivity contribution in [2.45, 2.75) is 31.7 Å². The Bertz CT molecular complexity index is 650. The zero-order valence-electron chi connectivity index (χ0n) is 12.9. The van der Waals surface area contributed by atoms with Crippen LogP contribution >= 0.6 is 11.6 Å². The molecule has 5 heteroatoms. The molecule has 1 N–H and O–H groups in total. The number of methoxy groups -OCH3 is 1. The second-order valence-electron chi connectivity index (χ2n) is 5.90. The second-order valence-corrected chi connectivity index (χ2v) is 6.31. The van der Waals surface area contributed by atoms with Gasteiger partial charge in [-0.15, -0.1) is 0 Å². The quantitative estimate of drug-likeness (QED) is 0.843. The van der Waals surface area contributed by atoms with E-state index in [4.69, 9.17) is 16.3 Å². The van der Waals surface area contributed by atoms with Gasteiger partial charge in [0.15, 0.2) is 0 Å². The minimum Gasteiger partial charge on any atom is -0.385 e. The SMILES string of the molecule is COCCCn1c(C2CCCNC2)cc2c(F)ccc(Cl)c21. The maximum Gasteiger partial charge on any atom is 0.132 e. The highest BCUT2D eigenvalue weighted by molar-refractivity contribution is 6.35. The van der Waals surface area contributed by atoms with Gasteiger partial charge in [-0.05, 0) is 44.0 Å². The van der Waals surface area contributed by atoms with E-state index < -0.39 is 0 Å². The Morgan fingerprint density at radius 2 is 2.32 bits per heavy atom. The molecule has 0 saturated carbocycles. The van der Waals surface area contributed by atoms with Crippen LogP contribution in [0.15, 0.2) is 18.2 Å². The third-order valence-electron chi connectivity index (χ3n) is 4.43. The predicted octanol–water partition coefficient (Wildman–Crippen LogP) is 3.94. The molecule has 1 fully saturated rings. The summed E-state index contributed by atoms with van der Waals surface area (Å²) in [6, 6.07) is 5.09. The van der Waals surface area contributed by atoms with E-state index in [-0.39, 0.29) is 5.82 Å². The normalized spacial score (nSPS) is 19.0. The molecule has 1 aliphatic heterocycles. The molecule has 0 spiro atoms. The largest absolute Gasteiger partial charge is 0.385 e. The van der Waals surface area contributed by atoms with Gasteiger partial charge in [0.25, 0.3) is 0 Å². The maximum atomic E-state index is 14.2. The van der Waals surface area contributed by atoms with Gasteiger partial charge in [0, 0.05) is 43.8 Å². The monoisotopic (exact) mass is 324 g/mol. The maximum absolute atomic E-state index is 14.2. The first-order valence-electron chi connectivity index (χ1n) is 7.89. The van der Waals surface area contributed by atoms with Gasteiger partial charge in [0.05, 0.1) is 10.5 Å². The van der Waals surface area contributed by atoms with Gasteiger partial charge >= 0.3 is 0 Å². The molecule has 1 atom stereocenters. The minimum atomic E-state index is -0.199. The number of benzene rings is 1. The molecule has 0 aliphatic carbocycles. The van der Waals surface area contributed by atoms with Gasteiger partial charge < -0.3 is 14.6 Å². The van der Waals surface area contributed by atoms with E-state index in [9.17, 15) is 4.39 Å². The van der Waals surface area contributed by atoms with Gasteiger partial charge in [-0.1, -0.05) is 11.6 Å². The third-order valence-corrected chi connectivity index (χ3v) is 4.74. The van der Waals surface area contributed by atoms with Crippen LogP contribution in [-0.4, -0.2) is 31.4 Å². The Labute approximate surface area is 135 Å². The van der Waals surface area contributed by atoms with Crippen molar-refractivity contribution >= 4 is 22.5 Å². The average Bonchev–Trinajstić information content (AvgIpc) is 2.93. The number of piperidine rings is 1. The van der Waals surface area contributed by atoms with Crippen molar-refractivity contribution in [1.82, 2.24) is 9.88 Å². The minimum absolute atomic E-state index is 0.199. The van der Waals surface area contributed by atoms with Crippen LogP contribution in [0.3, 0.4) is 0 Å². The summed E-state index contributed by atoms with van der Waals surface area (Å²) >= 11 is 6.36. The molecular formula is C17H22ClFN2O. The lowest BCUT2D eigenvalue weighted by Crippen LogP contribution is -2.29. The Morgan fingerprint density at radius 3 is 3.05 bits per heavy atom. The van der Waals surface area contributed by atoms with Crippen molar-refractivity contribution in [2.75, 3.05) is 26.8 Å². The standard InChI is InChI=1S/C17H22ClFN2O/c1-22-9-3-8-21-16(12-4-2-7-20-11-12)10-13-15(19)6-5-14(18)17(13)21/h5-6,10,12,20H,2-4,7-9,11H2,1H3. The average molecular weight is 325 g/mol. The van der Waals surface area contributed by atoms with Crippen LogP contribution in [0.1, 0.15) is 30.9 Å². The number of nitrogens with zero attached hydrogens (tertiary/aromatic N) is 1. The number of nitrogens with one attached hydrogen (secondary N) is 1. The molecule has 22 heavy (non-hydrogen) atoms. The van der Waals surface area contributed by atoms with E-state index in [0.717, 1.165) is 44.4 Å². The highest BCUT2D eigenvalue weighted by atomic mass is 35.5. The number of rotatable bonds is 5. The molecule has 1 aromatic carbocycles. The van der Waals surface area contributed by atoms with Crippen molar-refractivity contribution < 1.29 is 9.13 Å². The van der Waals surface area contributed by atoms with E-state index in [1.54, 1.807) is 13.2 Å². The van der Waals surface area contributed by atoms with Crippen LogP contribution in [0.4, 0.5) is 4.39 Å². The Kier molecular flexibility index (Phi) is 5.01. The molecule has 120 valence electrons. The summed E-state index contributed by atoms with van der Waals surface area (Å²) < 4.78 is 21.6. The zero-order valence-corrected chi connectivity index (χ0v) is 13.6. The molecule has 1 aromatic heterocycles. The summed E-state index contributed by atoms with van der Waals surface area (Å²) in [4.78, 5) is 0. The highest BCUT2D eigenvalue weighted by Gasteiger charge is 2.22. The van der Waals surface area contributed by atoms with E-state index in [1.807, 2.05) is 6.07 Å². The number of hydrogen-bond donors (Lipinski definition) is 1. The fourth-order valence-electron chi connectivity index (χ4n) is 3.37. The fraction of sp³-hybridized carbons (Fsp3) is 0.529. The van der Waals surface area contributed by atoms with E-state index in [2.05, 4.69) is 9.88 Å². The molecular weight excluding hydrogens is 303 g/mol.